The molecule has 12 nitrogen and oxygen atoms in total. The number of fused-ring (bicyclic) bond motifs is 1. The molecule has 0 saturated carbocycles. The van der Waals surface area contributed by atoms with Crippen molar-refractivity contribution in [1.82, 2.24) is 5.32 Å². The Hall–Kier alpha value is -0.930. The highest BCUT2D eigenvalue weighted by atomic mass is 16.7. The molecule has 12 heteroatoms. The zero-order valence-corrected chi connectivity index (χ0v) is 17.3. The number of nitrogens with one attached hydrogen (secondary N) is 1. The normalized spacial score (nSPS) is 48.2. The van der Waals surface area contributed by atoms with Gasteiger partial charge in [0.1, 0.15) is 17.4 Å². The van der Waals surface area contributed by atoms with Crippen LogP contribution in [0.1, 0.15) is 27.2 Å². The average molecular weight is 435 g/mol. The SMILES string of the molecule is CC(=O)NC1C2OC(C)(C(C)(N)OC3OC(CO)C[C@@H](O)C3N)C2[C@H](CO)O[C@H]1O. The van der Waals surface area contributed by atoms with E-state index in [-0.39, 0.29) is 18.9 Å². The number of aliphatic hydroxyl groups is 4. The molecule has 0 aliphatic carbocycles. The molecule has 11 atom stereocenters. The van der Waals surface area contributed by atoms with Crippen molar-refractivity contribution in [2.75, 3.05) is 13.2 Å². The average Bonchev–Trinajstić information content (AvgIpc) is 2.65. The molecule has 1 amide bonds. The van der Waals surface area contributed by atoms with E-state index in [9.17, 15) is 25.2 Å². The third kappa shape index (κ3) is 3.97. The van der Waals surface area contributed by atoms with E-state index < -0.39 is 72.9 Å². The van der Waals surface area contributed by atoms with Crippen molar-refractivity contribution < 1.29 is 44.2 Å². The van der Waals surface area contributed by atoms with Crippen LogP contribution in [0.5, 0.6) is 0 Å². The molecule has 3 aliphatic rings. The molecule has 3 heterocycles. The number of aliphatic hydroxyl groups excluding tert-OH is 4. The molecule has 3 fully saturated rings. The maximum atomic E-state index is 11.5. The van der Waals surface area contributed by atoms with E-state index in [0.717, 1.165) is 0 Å². The summed E-state index contributed by atoms with van der Waals surface area (Å²) in [6, 6.07) is -1.76. The zero-order chi connectivity index (χ0) is 22.4. The van der Waals surface area contributed by atoms with Gasteiger partial charge in [-0.15, -0.1) is 0 Å². The van der Waals surface area contributed by atoms with Crippen molar-refractivity contribution in [3.63, 3.8) is 0 Å². The van der Waals surface area contributed by atoms with Crippen LogP contribution in [-0.4, -0.2) is 100.0 Å². The predicted octanol–water partition coefficient (Wildman–Crippen LogP) is -3.54. The predicted molar refractivity (Wildman–Crippen MR) is 100 cm³/mol. The molecule has 0 radical (unpaired) electrons. The van der Waals surface area contributed by atoms with Crippen molar-refractivity contribution >= 4 is 5.91 Å². The first-order chi connectivity index (χ1) is 13.9. The van der Waals surface area contributed by atoms with Crippen LogP contribution in [0.15, 0.2) is 0 Å². The Morgan fingerprint density at radius 2 is 1.97 bits per heavy atom. The third-order valence-corrected chi connectivity index (χ3v) is 6.44. The summed E-state index contributed by atoms with van der Waals surface area (Å²) in [6.45, 7) is 3.78. The van der Waals surface area contributed by atoms with Gasteiger partial charge in [-0.1, -0.05) is 0 Å². The lowest BCUT2D eigenvalue weighted by Crippen LogP contribution is -2.83. The van der Waals surface area contributed by atoms with E-state index in [1.807, 2.05) is 0 Å². The first-order valence-corrected chi connectivity index (χ1v) is 10.0. The van der Waals surface area contributed by atoms with Gasteiger partial charge in [0, 0.05) is 19.3 Å². The van der Waals surface area contributed by atoms with E-state index >= 15 is 0 Å². The summed E-state index contributed by atoms with van der Waals surface area (Å²) in [5.41, 5.74) is 9.73. The highest BCUT2D eigenvalue weighted by Crippen LogP contribution is 2.52. The lowest BCUT2D eigenvalue weighted by molar-refractivity contribution is -0.411. The Morgan fingerprint density at radius 1 is 1.30 bits per heavy atom. The van der Waals surface area contributed by atoms with Crippen LogP contribution >= 0.6 is 0 Å². The van der Waals surface area contributed by atoms with Gasteiger partial charge in [0.25, 0.3) is 0 Å². The van der Waals surface area contributed by atoms with Gasteiger partial charge in [-0.25, -0.2) is 0 Å². The second-order valence-electron chi connectivity index (χ2n) is 8.60. The lowest BCUT2D eigenvalue weighted by atomic mass is 9.66. The molecular weight excluding hydrogens is 402 g/mol. The maximum absolute atomic E-state index is 11.5. The standard InChI is InChI=1S/C18H33N3O9/c1-7(24)21-13-14-11(10(6-23)28-15(13)26)17(2,29-14)18(3,20)30-16-12(19)9(25)4-8(5-22)27-16/h8-16,22-23,25-26H,4-6,19-20H2,1-3H3,(H,21,24)/t8?,9-,10+,11?,12?,13?,14?,15-,16?,17?,18?/m1/s1. The fourth-order valence-corrected chi connectivity index (χ4v) is 4.57. The minimum absolute atomic E-state index is 0.161. The number of carbonyl (C=O) groups excluding carboxylic acids is 1. The van der Waals surface area contributed by atoms with Crippen LogP contribution in [0.25, 0.3) is 0 Å². The first kappa shape index (κ1) is 23.7. The summed E-state index contributed by atoms with van der Waals surface area (Å²) in [6.07, 6.45) is -5.44. The Bertz CT molecular complexity index is 638. The monoisotopic (exact) mass is 435 g/mol. The molecule has 3 saturated heterocycles. The number of nitrogens with two attached hydrogens (primary N) is 2. The van der Waals surface area contributed by atoms with Crippen molar-refractivity contribution in [3.8, 4) is 0 Å². The fraction of sp³-hybridized carbons (Fsp3) is 0.944. The number of ether oxygens (including phenoxy) is 4. The minimum Gasteiger partial charge on any atom is -0.394 e. The molecule has 0 aromatic heterocycles. The van der Waals surface area contributed by atoms with Gasteiger partial charge in [-0.2, -0.15) is 0 Å². The second kappa shape index (κ2) is 8.54. The molecule has 174 valence electrons. The van der Waals surface area contributed by atoms with Gasteiger partial charge in [-0.05, 0) is 13.8 Å². The lowest BCUT2D eigenvalue weighted by Gasteiger charge is -2.65. The third-order valence-electron chi connectivity index (χ3n) is 6.44. The van der Waals surface area contributed by atoms with Crippen molar-refractivity contribution in [1.29, 1.82) is 0 Å². The summed E-state index contributed by atoms with van der Waals surface area (Å²) in [5.74, 6) is -0.922. The highest BCUT2D eigenvalue weighted by molar-refractivity contribution is 5.73. The van der Waals surface area contributed by atoms with Gasteiger partial charge >= 0.3 is 0 Å². The summed E-state index contributed by atoms with van der Waals surface area (Å²) < 4.78 is 23.1. The number of amides is 1. The molecule has 30 heavy (non-hydrogen) atoms. The summed E-state index contributed by atoms with van der Waals surface area (Å²) >= 11 is 0. The van der Waals surface area contributed by atoms with Crippen LogP contribution in [-0.2, 0) is 23.7 Å². The van der Waals surface area contributed by atoms with E-state index in [1.165, 1.54) is 6.92 Å². The van der Waals surface area contributed by atoms with E-state index in [2.05, 4.69) is 5.32 Å². The van der Waals surface area contributed by atoms with Crippen LogP contribution in [0.4, 0.5) is 0 Å². The molecule has 0 spiro atoms. The van der Waals surface area contributed by atoms with E-state index in [1.54, 1.807) is 13.8 Å². The molecular formula is C18H33N3O9. The van der Waals surface area contributed by atoms with Crippen molar-refractivity contribution in [2.24, 2.45) is 17.4 Å². The topological polar surface area (TPSA) is 199 Å². The Labute approximate surface area is 174 Å². The molecule has 0 aromatic carbocycles. The van der Waals surface area contributed by atoms with Crippen LogP contribution in [0, 0.1) is 5.92 Å². The zero-order valence-electron chi connectivity index (χ0n) is 17.3. The minimum atomic E-state index is -1.53. The molecule has 0 aromatic rings. The van der Waals surface area contributed by atoms with Gasteiger partial charge in [0.2, 0.25) is 5.91 Å². The van der Waals surface area contributed by atoms with Gasteiger partial charge < -0.3 is 56.2 Å². The molecule has 3 aliphatic heterocycles. The number of hydrogen-bond donors (Lipinski definition) is 7. The summed E-state index contributed by atoms with van der Waals surface area (Å²) in [5, 5.41) is 42.1. The van der Waals surface area contributed by atoms with Gasteiger partial charge in [0.05, 0.1) is 43.7 Å². The number of rotatable bonds is 6. The Balaban J connectivity index is 1.80. The van der Waals surface area contributed by atoms with E-state index in [4.69, 9.17) is 30.4 Å². The summed E-state index contributed by atoms with van der Waals surface area (Å²) in [4.78, 5) is 11.5. The van der Waals surface area contributed by atoms with Crippen molar-refractivity contribution in [3.05, 3.63) is 0 Å². The fourth-order valence-electron chi connectivity index (χ4n) is 4.57. The molecule has 3 rings (SSSR count). The number of carbonyl (C=O) groups is 1. The Kier molecular flexibility index (Phi) is 6.76. The van der Waals surface area contributed by atoms with E-state index in [0.29, 0.717) is 0 Å². The quantitative estimate of drug-likeness (QED) is 0.204. The second-order valence-corrected chi connectivity index (χ2v) is 8.60. The Morgan fingerprint density at radius 3 is 2.53 bits per heavy atom. The molecule has 8 unspecified atom stereocenters. The molecule has 9 N–H and O–H groups in total. The summed E-state index contributed by atoms with van der Waals surface area (Å²) in [7, 11) is 0. The first-order valence-electron chi connectivity index (χ1n) is 10.0. The highest BCUT2D eigenvalue weighted by Gasteiger charge is 2.69. The van der Waals surface area contributed by atoms with Crippen LogP contribution < -0.4 is 16.8 Å². The van der Waals surface area contributed by atoms with Gasteiger partial charge in [0.15, 0.2) is 12.6 Å². The largest absolute Gasteiger partial charge is 0.394 e. The number of hydrogen-bond acceptors (Lipinski definition) is 11. The van der Waals surface area contributed by atoms with Crippen molar-refractivity contribution in [2.45, 2.75) is 87.6 Å². The van der Waals surface area contributed by atoms with Crippen LogP contribution in [0.3, 0.4) is 0 Å². The smallest absolute Gasteiger partial charge is 0.217 e. The molecule has 0 bridgehead atoms. The maximum Gasteiger partial charge on any atom is 0.217 e. The van der Waals surface area contributed by atoms with Gasteiger partial charge in [-0.3, -0.25) is 4.79 Å². The van der Waals surface area contributed by atoms with Crippen LogP contribution in [0.2, 0.25) is 0 Å².